The molecule has 0 spiro atoms. The van der Waals surface area contributed by atoms with Crippen LogP contribution in [0, 0.1) is 0 Å². The van der Waals surface area contributed by atoms with Gasteiger partial charge in [0.25, 0.3) is 0 Å². The van der Waals surface area contributed by atoms with Crippen LogP contribution in [0.2, 0.25) is 0 Å². The molecule has 220 valence electrons. The van der Waals surface area contributed by atoms with Gasteiger partial charge in [-0.15, -0.1) is 0 Å². The third kappa shape index (κ3) is 8.60. The summed E-state index contributed by atoms with van der Waals surface area (Å²) in [5.41, 5.74) is 1.98. The molecular formula is C28H40N4O6S2. The lowest BCUT2D eigenvalue weighted by Gasteiger charge is -2.24. The van der Waals surface area contributed by atoms with Crippen molar-refractivity contribution in [2.75, 3.05) is 48.3 Å². The van der Waals surface area contributed by atoms with Crippen molar-refractivity contribution in [1.82, 2.24) is 9.44 Å². The number of benzene rings is 2. The molecule has 0 radical (unpaired) electrons. The van der Waals surface area contributed by atoms with Crippen molar-refractivity contribution in [3.63, 3.8) is 0 Å². The van der Waals surface area contributed by atoms with E-state index in [-0.39, 0.29) is 34.2 Å². The average Bonchev–Trinajstić information content (AvgIpc) is 2.92. The Morgan fingerprint density at radius 2 is 0.975 bits per heavy atom. The fourth-order valence-electron chi connectivity index (χ4n) is 4.44. The predicted molar refractivity (Wildman–Crippen MR) is 159 cm³/mol. The maximum absolute atomic E-state index is 13.5. The van der Waals surface area contributed by atoms with Crippen LogP contribution < -0.4 is 20.1 Å². The van der Waals surface area contributed by atoms with Gasteiger partial charge in [-0.25, -0.2) is 26.3 Å². The summed E-state index contributed by atoms with van der Waals surface area (Å²) < 4.78 is 53.9. The molecule has 0 saturated heterocycles. The maximum atomic E-state index is 13.5. The van der Waals surface area contributed by atoms with Gasteiger partial charge in [-0.3, -0.25) is 9.59 Å². The Morgan fingerprint density at radius 3 is 1.35 bits per heavy atom. The molecule has 2 aromatic rings. The summed E-state index contributed by atoms with van der Waals surface area (Å²) in [7, 11) is -6.78. The topological polar surface area (TPSA) is 151 Å². The summed E-state index contributed by atoms with van der Waals surface area (Å²) in [5.74, 6) is -0.713. The summed E-state index contributed by atoms with van der Waals surface area (Å²) in [6.45, 7) is 5.38. The second-order valence-corrected chi connectivity index (χ2v) is 13.7. The first-order chi connectivity index (χ1) is 19.1. The number of nitrogens with one attached hydrogen (secondary N) is 4. The van der Waals surface area contributed by atoms with Crippen LogP contribution in [0.1, 0.15) is 84.2 Å². The number of rotatable bonds is 18. The van der Waals surface area contributed by atoms with Gasteiger partial charge in [-0.1, -0.05) is 51.0 Å². The van der Waals surface area contributed by atoms with Gasteiger partial charge in [-0.2, -0.15) is 0 Å². The molecule has 0 saturated carbocycles. The van der Waals surface area contributed by atoms with Gasteiger partial charge in [0.15, 0.2) is 11.6 Å². The highest BCUT2D eigenvalue weighted by molar-refractivity contribution is 7.89. The van der Waals surface area contributed by atoms with E-state index in [1.807, 2.05) is 13.8 Å². The quantitative estimate of drug-likeness (QED) is 0.164. The monoisotopic (exact) mass is 592 g/mol. The Kier molecular flexibility index (Phi) is 11.7. The number of sulfonamides is 2. The molecule has 0 atom stereocenters. The molecule has 0 aromatic heterocycles. The molecule has 4 N–H and O–H groups in total. The summed E-state index contributed by atoms with van der Waals surface area (Å²) in [6.07, 6.45) is 3.96. The minimum absolute atomic E-state index is 0.0581. The molecule has 0 fully saturated rings. The van der Waals surface area contributed by atoms with Crippen molar-refractivity contribution in [1.29, 1.82) is 0 Å². The van der Waals surface area contributed by atoms with E-state index < -0.39 is 20.0 Å². The van der Waals surface area contributed by atoms with Gasteiger partial charge in [0.1, 0.15) is 0 Å². The van der Waals surface area contributed by atoms with Crippen LogP contribution in [-0.4, -0.2) is 66.1 Å². The number of fused-ring (bicyclic) bond motifs is 2. The number of carbonyl (C=O) groups excluding carboxylic acids is 2. The van der Waals surface area contributed by atoms with Crippen LogP contribution in [0.4, 0.5) is 11.4 Å². The lowest BCUT2D eigenvalue weighted by molar-refractivity contribution is 0.0980. The number of carbonyl (C=O) groups is 2. The highest BCUT2D eigenvalue weighted by Crippen LogP contribution is 2.36. The SMILES string of the molecule is CCCCNS(=O)(=O)CCCNc1ccc(NCCCS(=O)(=O)NCCCC)c2c1C(=O)c1ccccc1C2=O. The second kappa shape index (κ2) is 14.7. The molecule has 0 unspecified atom stereocenters. The predicted octanol–water partition coefficient (Wildman–Crippen LogP) is 3.51. The summed E-state index contributed by atoms with van der Waals surface area (Å²) in [6, 6.07) is 10.0. The lowest BCUT2D eigenvalue weighted by Crippen LogP contribution is -2.29. The molecular weight excluding hydrogens is 552 g/mol. The standard InChI is InChI=1S/C28H40N4O6S2/c1-3-5-17-31-39(35,36)19-9-15-29-23-13-14-24(30-16-10-20-40(37,38)32-18-6-4-2)26-25(23)27(33)21-11-7-8-12-22(21)28(26)34/h7-8,11-14,29-32H,3-6,9-10,15-20H2,1-2H3. The van der Waals surface area contributed by atoms with Crippen LogP contribution in [-0.2, 0) is 20.0 Å². The third-order valence-corrected chi connectivity index (χ3v) is 9.53. The number of anilines is 2. The van der Waals surface area contributed by atoms with Gasteiger partial charge in [0, 0.05) is 48.7 Å². The van der Waals surface area contributed by atoms with Gasteiger partial charge >= 0.3 is 0 Å². The van der Waals surface area contributed by atoms with Crippen molar-refractivity contribution < 1.29 is 26.4 Å². The highest BCUT2D eigenvalue weighted by Gasteiger charge is 2.33. The van der Waals surface area contributed by atoms with Crippen LogP contribution in [0.3, 0.4) is 0 Å². The first-order valence-electron chi connectivity index (χ1n) is 13.9. The second-order valence-electron chi connectivity index (χ2n) is 9.81. The summed E-state index contributed by atoms with van der Waals surface area (Å²) >= 11 is 0. The van der Waals surface area contributed by atoms with Crippen LogP contribution in [0.5, 0.6) is 0 Å². The fraction of sp³-hybridized carbons (Fsp3) is 0.500. The average molecular weight is 593 g/mol. The van der Waals surface area contributed by atoms with Gasteiger partial charge in [0.2, 0.25) is 20.0 Å². The lowest BCUT2D eigenvalue weighted by atomic mass is 9.82. The third-order valence-electron chi connectivity index (χ3n) is 6.59. The Bertz CT molecular complexity index is 1300. The smallest absolute Gasteiger partial charge is 0.211 e. The number of unbranched alkanes of at least 4 members (excludes halogenated alkanes) is 2. The largest absolute Gasteiger partial charge is 0.384 e. The van der Waals surface area contributed by atoms with Crippen molar-refractivity contribution >= 4 is 43.0 Å². The Balaban J connectivity index is 1.74. The van der Waals surface area contributed by atoms with Crippen LogP contribution >= 0.6 is 0 Å². The maximum Gasteiger partial charge on any atom is 0.211 e. The Hall–Kier alpha value is -2.80. The molecule has 0 heterocycles. The van der Waals surface area contributed by atoms with Gasteiger partial charge in [-0.05, 0) is 37.8 Å². The van der Waals surface area contributed by atoms with E-state index in [0.29, 0.717) is 61.5 Å². The number of ketones is 2. The molecule has 0 bridgehead atoms. The Morgan fingerprint density at radius 1 is 0.575 bits per heavy atom. The molecule has 10 nitrogen and oxygen atoms in total. The molecule has 2 aromatic carbocycles. The van der Waals surface area contributed by atoms with Crippen molar-refractivity contribution in [2.45, 2.75) is 52.4 Å². The van der Waals surface area contributed by atoms with Gasteiger partial charge < -0.3 is 10.6 Å². The zero-order valence-electron chi connectivity index (χ0n) is 23.2. The van der Waals surface area contributed by atoms with Crippen molar-refractivity contribution in [2.24, 2.45) is 0 Å². The molecule has 40 heavy (non-hydrogen) atoms. The first kappa shape index (κ1) is 31.7. The van der Waals surface area contributed by atoms with E-state index in [0.717, 1.165) is 25.7 Å². The zero-order chi connectivity index (χ0) is 29.2. The molecule has 1 aliphatic rings. The van der Waals surface area contributed by atoms with E-state index in [1.54, 1.807) is 36.4 Å². The van der Waals surface area contributed by atoms with E-state index in [9.17, 15) is 26.4 Å². The highest BCUT2D eigenvalue weighted by atomic mass is 32.2. The zero-order valence-corrected chi connectivity index (χ0v) is 24.8. The molecule has 0 amide bonds. The van der Waals surface area contributed by atoms with E-state index in [4.69, 9.17) is 0 Å². The number of hydrogen-bond acceptors (Lipinski definition) is 8. The molecule has 3 rings (SSSR count). The molecule has 1 aliphatic carbocycles. The van der Waals surface area contributed by atoms with E-state index in [1.165, 1.54) is 0 Å². The minimum atomic E-state index is -3.39. The summed E-state index contributed by atoms with van der Waals surface area (Å²) in [4.78, 5) is 27.1. The molecule has 0 aliphatic heterocycles. The van der Waals surface area contributed by atoms with Crippen LogP contribution in [0.25, 0.3) is 0 Å². The van der Waals surface area contributed by atoms with E-state index in [2.05, 4.69) is 20.1 Å². The number of hydrogen-bond donors (Lipinski definition) is 4. The van der Waals surface area contributed by atoms with Crippen molar-refractivity contribution in [3.8, 4) is 0 Å². The molecule has 12 heteroatoms. The van der Waals surface area contributed by atoms with E-state index >= 15 is 0 Å². The Labute approximate surface area is 237 Å². The first-order valence-corrected chi connectivity index (χ1v) is 17.2. The minimum Gasteiger partial charge on any atom is -0.384 e. The van der Waals surface area contributed by atoms with Gasteiger partial charge in [0.05, 0.1) is 22.6 Å². The fourth-order valence-corrected chi connectivity index (χ4v) is 6.69. The van der Waals surface area contributed by atoms with Crippen molar-refractivity contribution in [3.05, 3.63) is 58.7 Å². The van der Waals surface area contributed by atoms with Crippen LogP contribution in [0.15, 0.2) is 36.4 Å². The summed E-state index contributed by atoms with van der Waals surface area (Å²) in [5, 5.41) is 6.30. The normalized spacial score (nSPS) is 13.2.